The van der Waals surface area contributed by atoms with Crippen LogP contribution in [0.25, 0.3) is 0 Å². The Balaban J connectivity index is 1.81. The standard InChI is InChI=1S/C24H33N3O6S/c1-5-26(19-8-6-7-18(2)15-19)10-9-25-24(28)21-16-20(17-22(31-3)23(21)32-4)34(29,30)27-11-13-33-14-12-27/h6-8,15-17H,5,9-14H2,1-4H3,(H,25,28). The van der Waals surface area contributed by atoms with Crippen LogP contribution in [0.1, 0.15) is 22.8 Å². The minimum Gasteiger partial charge on any atom is -0.493 e. The second-order valence-corrected chi connectivity index (χ2v) is 9.84. The number of rotatable bonds is 10. The van der Waals surface area contributed by atoms with E-state index in [0.29, 0.717) is 26.3 Å². The topological polar surface area (TPSA) is 97.4 Å². The number of carbonyl (C=O) groups excluding carboxylic acids is 1. The number of sulfonamides is 1. The predicted octanol–water partition coefficient (Wildman–Crippen LogP) is 2.29. The van der Waals surface area contributed by atoms with Crippen LogP contribution in [0.15, 0.2) is 41.3 Å². The maximum atomic E-state index is 13.2. The molecule has 34 heavy (non-hydrogen) atoms. The number of carbonyl (C=O) groups is 1. The molecule has 1 fully saturated rings. The first kappa shape index (κ1) is 25.8. The molecule has 3 rings (SSSR count). The smallest absolute Gasteiger partial charge is 0.255 e. The highest BCUT2D eigenvalue weighted by Gasteiger charge is 2.30. The van der Waals surface area contributed by atoms with Gasteiger partial charge in [0.2, 0.25) is 10.0 Å². The van der Waals surface area contributed by atoms with Crippen LogP contribution in [-0.2, 0) is 14.8 Å². The zero-order chi connectivity index (χ0) is 24.7. The summed E-state index contributed by atoms with van der Waals surface area (Å²) in [6.07, 6.45) is 0. The summed E-state index contributed by atoms with van der Waals surface area (Å²) in [4.78, 5) is 15.3. The number of benzene rings is 2. The van der Waals surface area contributed by atoms with E-state index >= 15 is 0 Å². The van der Waals surface area contributed by atoms with Crippen molar-refractivity contribution >= 4 is 21.6 Å². The van der Waals surface area contributed by atoms with Crippen LogP contribution < -0.4 is 19.7 Å². The molecule has 0 aliphatic carbocycles. The summed E-state index contributed by atoms with van der Waals surface area (Å²) in [7, 11) is -0.998. The van der Waals surface area contributed by atoms with Crippen molar-refractivity contribution in [1.82, 2.24) is 9.62 Å². The number of nitrogens with zero attached hydrogens (tertiary/aromatic N) is 2. The highest BCUT2D eigenvalue weighted by atomic mass is 32.2. The van der Waals surface area contributed by atoms with Gasteiger partial charge in [-0.2, -0.15) is 4.31 Å². The molecule has 1 aliphatic heterocycles. The van der Waals surface area contributed by atoms with Gasteiger partial charge in [0.1, 0.15) is 0 Å². The minimum absolute atomic E-state index is 0.0212. The van der Waals surface area contributed by atoms with E-state index in [1.54, 1.807) is 0 Å². The third-order valence-electron chi connectivity index (χ3n) is 5.72. The highest BCUT2D eigenvalue weighted by Crippen LogP contribution is 2.35. The summed E-state index contributed by atoms with van der Waals surface area (Å²) >= 11 is 0. The third-order valence-corrected chi connectivity index (χ3v) is 7.60. The van der Waals surface area contributed by atoms with Gasteiger partial charge in [-0.3, -0.25) is 4.79 Å². The van der Waals surface area contributed by atoms with Gasteiger partial charge in [0.05, 0.1) is 37.9 Å². The summed E-state index contributed by atoms with van der Waals surface area (Å²) in [6, 6.07) is 10.9. The van der Waals surface area contributed by atoms with Gasteiger partial charge >= 0.3 is 0 Å². The normalized spacial score (nSPS) is 14.5. The Morgan fingerprint density at radius 2 is 1.88 bits per heavy atom. The number of nitrogens with one attached hydrogen (secondary N) is 1. The summed E-state index contributed by atoms with van der Waals surface area (Å²) < 4.78 is 43.8. The summed E-state index contributed by atoms with van der Waals surface area (Å²) in [5.74, 6) is -0.0710. The van der Waals surface area contributed by atoms with E-state index in [2.05, 4.69) is 23.2 Å². The van der Waals surface area contributed by atoms with Crippen molar-refractivity contribution in [3.05, 3.63) is 47.5 Å². The Hall–Kier alpha value is -2.82. The lowest BCUT2D eigenvalue weighted by atomic mass is 10.1. The summed E-state index contributed by atoms with van der Waals surface area (Å²) in [5, 5.41) is 2.89. The van der Waals surface area contributed by atoms with Crippen LogP contribution in [-0.4, -0.2) is 78.8 Å². The maximum Gasteiger partial charge on any atom is 0.255 e. The molecule has 186 valence electrons. The second-order valence-electron chi connectivity index (χ2n) is 7.90. The zero-order valence-electron chi connectivity index (χ0n) is 20.2. The first-order valence-electron chi connectivity index (χ1n) is 11.3. The molecule has 9 nitrogen and oxygen atoms in total. The maximum absolute atomic E-state index is 13.2. The number of amides is 1. The molecule has 2 aromatic rings. The molecule has 0 spiro atoms. The van der Waals surface area contributed by atoms with E-state index in [-0.39, 0.29) is 35.0 Å². The van der Waals surface area contributed by atoms with Crippen molar-refractivity contribution < 1.29 is 27.4 Å². The third kappa shape index (κ3) is 5.81. The van der Waals surface area contributed by atoms with Crippen molar-refractivity contribution in [2.75, 3.05) is 65.1 Å². The lowest BCUT2D eigenvalue weighted by Gasteiger charge is -2.26. The molecule has 0 aromatic heterocycles. The lowest BCUT2D eigenvalue weighted by Crippen LogP contribution is -2.40. The molecule has 1 amide bonds. The van der Waals surface area contributed by atoms with E-state index in [1.807, 2.05) is 25.1 Å². The number of morpholine rings is 1. The lowest BCUT2D eigenvalue weighted by molar-refractivity contribution is 0.0730. The second kappa shape index (κ2) is 11.5. The Morgan fingerprint density at radius 3 is 2.50 bits per heavy atom. The predicted molar refractivity (Wildman–Crippen MR) is 131 cm³/mol. The number of anilines is 1. The van der Waals surface area contributed by atoms with Gasteiger partial charge in [-0.25, -0.2) is 8.42 Å². The Labute approximate surface area is 201 Å². The van der Waals surface area contributed by atoms with Crippen LogP contribution in [0, 0.1) is 6.92 Å². The molecule has 0 bridgehead atoms. The van der Waals surface area contributed by atoms with Crippen molar-refractivity contribution in [1.29, 1.82) is 0 Å². The van der Waals surface area contributed by atoms with Crippen molar-refractivity contribution in [2.45, 2.75) is 18.7 Å². The molecule has 2 aromatic carbocycles. The highest BCUT2D eigenvalue weighted by molar-refractivity contribution is 7.89. The van der Waals surface area contributed by atoms with E-state index in [1.165, 1.54) is 30.7 Å². The fourth-order valence-electron chi connectivity index (χ4n) is 3.89. The van der Waals surface area contributed by atoms with Gasteiger partial charge in [0.25, 0.3) is 5.91 Å². The molecule has 1 aliphatic rings. The number of hydrogen-bond donors (Lipinski definition) is 1. The first-order chi connectivity index (χ1) is 16.3. The zero-order valence-corrected chi connectivity index (χ0v) is 21.0. The van der Waals surface area contributed by atoms with E-state index in [0.717, 1.165) is 17.8 Å². The monoisotopic (exact) mass is 491 g/mol. The molecule has 0 unspecified atom stereocenters. The Bertz CT molecular complexity index is 1100. The van der Waals surface area contributed by atoms with Crippen LogP contribution in [0.2, 0.25) is 0 Å². The van der Waals surface area contributed by atoms with Crippen molar-refractivity contribution in [2.24, 2.45) is 0 Å². The van der Waals surface area contributed by atoms with Crippen LogP contribution in [0.4, 0.5) is 5.69 Å². The van der Waals surface area contributed by atoms with Gasteiger partial charge in [0, 0.05) is 44.5 Å². The van der Waals surface area contributed by atoms with E-state index in [4.69, 9.17) is 14.2 Å². The largest absolute Gasteiger partial charge is 0.493 e. The van der Waals surface area contributed by atoms with Gasteiger partial charge in [-0.05, 0) is 37.6 Å². The van der Waals surface area contributed by atoms with Crippen LogP contribution in [0.3, 0.4) is 0 Å². The SMILES string of the molecule is CCN(CCNC(=O)c1cc(S(=O)(=O)N2CCOCC2)cc(OC)c1OC)c1cccc(C)c1. The number of ether oxygens (including phenoxy) is 3. The molecule has 1 saturated heterocycles. The van der Waals surface area contributed by atoms with E-state index < -0.39 is 15.9 Å². The molecule has 0 saturated carbocycles. The van der Waals surface area contributed by atoms with E-state index in [9.17, 15) is 13.2 Å². The number of likely N-dealkylation sites (N-methyl/N-ethyl adjacent to an activating group) is 1. The number of aryl methyl sites for hydroxylation is 1. The molecule has 0 atom stereocenters. The van der Waals surface area contributed by atoms with Crippen molar-refractivity contribution in [3.63, 3.8) is 0 Å². The molecular weight excluding hydrogens is 458 g/mol. The molecule has 1 N–H and O–H groups in total. The van der Waals surface area contributed by atoms with Crippen LogP contribution >= 0.6 is 0 Å². The number of methoxy groups -OCH3 is 2. The average Bonchev–Trinajstić information content (AvgIpc) is 2.86. The van der Waals surface area contributed by atoms with Gasteiger partial charge < -0.3 is 24.4 Å². The summed E-state index contributed by atoms with van der Waals surface area (Å²) in [5.41, 5.74) is 2.34. The fraction of sp³-hybridized carbons (Fsp3) is 0.458. The molecule has 1 heterocycles. The minimum atomic E-state index is -3.82. The van der Waals surface area contributed by atoms with Gasteiger partial charge in [-0.1, -0.05) is 12.1 Å². The quantitative estimate of drug-likeness (QED) is 0.545. The Kier molecular flexibility index (Phi) is 8.76. The molecular formula is C24H33N3O6S. The van der Waals surface area contributed by atoms with Gasteiger partial charge in [-0.15, -0.1) is 0 Å². The number of hydrogen-bond acceptors (Lipinski definition) is 7. The van der Waals surface area contributed by atoms with Crippen molar-refractivity contribution in [3.8, 4) is 11.5 Å². The fourth-order valence-corrected chi connectivity index (χ4v) is 5.34. The van der Waals surface area contributed by atoms with Crippen LogP contribution in [0.5, 0.6) is 11.5 Å². The first-order valence-corrected chi connectivity index (χ1v) is 12.7. The summed E-state index contributed by atoms with van der Waals surface area (Å²) in [6.45, 7) is 7.00. The average molecular weight is 492 g/mol. The Morgan fingerprint density at radius 1 is 1.15 bits per heavy atom. The molecule has 10 heteroatoms. The molecule has 0 radical (unpaired) electrons. The van der Waals surface area contributed by atoms with Gasteiger partial charge in [0.15, 0.2) is 11.5 Å².